The molecule has 1 heterocycles. The molecule has 1 rings (SSSR count). The summed E-state index contributed by atoms with van der Waals surface area (Å²) in [4.78, 5) is 0. The molecule has 0 spiro atoms. The fourth-order valence-corrected chi connectivity index (χ4v) is 1.79. The number of halogens is 1. The molecule has 1 unspecified atom stereocenters. The van der Waals surface area contributed by atoms with Gasteiger partial charge in [-0.05, 0) is 6.42 Å². The van der Waals surface area contributed by atoms with E-state index in [9.17, 15) is 0 Å². The summed E-state index contributed by atoms with van der Waals surface area (Å²) in [6, 6.07) is 0. The highest BCUT2D eigenvalue weighted by Crippen LogP contribution is 2.23. The van der Waals surface area contributed by atoms with Gasteiger partial charge in [-0.1, -0.05) is 0 Å². The Morgan fingerprint density at radius 1 is 1.86 bits per heavy atom. The lowest BCUT2D eigenvalue weighted by molar-refractivity contribution is 1.05. The van der Waals surface area contributed by atoms with Gasteiger partial charge in [0.25, 0.3) is 0 Å². The molecule has 0 saturated carbocycles. The fourth-order valence-electron chi connectivity index (χ4n) is 0.494. The van der Waals surface area contributed by atoms with Crippen LogP contribution in [0.5, 0.6) is 0 Å². The van der Waals surface area contributed by atoms with Gasteiger partial charge in [-0.25, -0.2) is 0 Å². The van der Waals surface area contributed by atoms with Crippen molar-refractivity contribution in [2.45, 2.75) is 11.8 Å². The summed E-state index contributed by atoms with van der Waals surface area (Å²) in [6.07, 6.45) is 0.977. The lowest BCUT2D eigenvalue weighted by atomic mass is 10.4. The number of hydrogen-bond donors (Lipinski definition) is 1. The molecule has 1 aliphatic heterocycles. The molecule has 1 N–H and O–H groups in total. The number of thioether (sulfide) groups is 1. The standard InChI is InChI=1S/C4H6ClNS/c5-3-1-2-7-4(3)6/h3,6H,1-2H2. The lowest BCUT2D eigenvalue weighted by Gasteiger charge is -1.90. The van der Waals surface area contributed by atoms with Crippen LogP contribution in [-0.2, 0) is 0 Å². The fraction of sp³-hybridized carbons (Fsp3) is 0.750. The Balaban J connectivity index is 2.48. The molecule has 7 heavy (non-hydrogen) atoms. The molecule has 40 valence electrons. The van der Waals surface area contributed by atoms with E-state index < -0.39 is 0 Å². The minimum absolute atomic E-state index is 0.0324. The first-order valence-corrected chi connectivity index (χ1v) is 3.58. The summed E-state index contributed by atoms with van der Waals surface area (Å²) in [7, 11) is 0. The number of nitrogens with one attached hydrogen (secondary N) is 1. The maximum absolute atomic E-state index is 7.09. The molecule has 1 aliphatic rings. The van der Waals surface area contributed by atoms with Crippen molar-refractivity contribution in [3.63, 3.8) is 0 Å². The van der Waals surface area contributed by atoms with Crippen LogP contribution in [0.15, 0.2) is 0 Å². The van der Waals surface area contributed by atoms with Gasteiger partial charge in [0, 0.05) is 5.75 Å². The molecule has 0 aromatic carbocycles. The van der Waals surface area contributed by atoms with E-state index in [0.717, 1.165) is 12.2 Å². The Morgan fingerprint density at radius 2 is 2.57 bits per heavy atom. The second-order valence-electron chi connectivity index (χ2n) is 1.47. The molecule has 1 saturated heterocycles. The van der Waals surface area contributed by atoms with Crippen LogP contribution in [0.25, 0.3) is 0 Å². The van der Waals surface area contributed by atoms with Crippen LogP contribution in [0.1, 0.15) is 6.42 Å². The van der Waals surface area contributed by atoms with Crippen LogP contribution in [0.4, 0.5) is 0 Å². The van der Waals surface area contributed by atoms with Crippen LogP contribution < -0.4 is 0 Å². The lowest BCUT2D eigenvalue weighted by Crippen LogP contribution is -1.99. The largest absolute Gasteiger partial charge is 0.297 e. The van der Waals surface area contributed by atoms with E-state index in [2.05, 4.69) is 0 Å². The smallest absolute Gasteiger partial charge is 0.0821 e. The Hall–Kier alpha value is 0.310. The predicted octanol–water partition coefficient (Wildman–Crippen LogP) is 1.71. The van der Waals surface area contributed by atoms with Gasteiger partial charge in [-0.3, -0.25) is 5.41 Å². The Bertz CT molecular complexity index is 93.7. The van der Waals surface area contributed by atoms with Crippen LogP contribution in [0.2, 0.25) is 0 Å². The van der Waals surface area contributed by atoms with E-state index in [4.69, 9.17) is 17.0 Å². The van der Waals surface area contributed by atoms with Gasteiger partial charge >= 0.3 is 0 Å². The van der Waals surface area contributed by atoms with Crippen molar-refractivity contribution in [3.05, 3.63) is 0 Å². The molecule has 0 aromatic rings. The number of alkyl halides is 1. The quantitative estimate of drug-likeness (QED) is 0.503. The zero-order valence-electron chi connectivity index (χ0n) is 3.78. The molecule has 1 atom stereocenters. The first kappa shape index (κ1) is 5.45. The Morgan fingerprint density at radius 3 is 2.71 bits per heavy atom. The van der Waals surface area contributed by atoms with E-state index in [0.29, 0.717) is 5.04 Å². The van der Waals surface area contributed by atoms with Gasteiger partial charge in [0.15, 0.2) is 0 Å². The zero-order chi connectivity index (χ0) is 5.28. The number of hydrogen-bond acceptors (Lipinski definition) is 2. The highest BCUT2D eigenvalue weighted by atomic mass is 35.5. The molecule has 0 bridgehead atoms. The monoisotopic (exact) mass is 135 g/mol. The second kappa shape index (κ2) is 2.05. The van der Waals surface area contributed by atoms with Gasteiger partial charge in [0.05, 0.1) is 10.4 Å². The third kappa shape index (κ3) is 1.10. The third-order valence-electron chi connectivity index (χ3n) is 0.913. The van der Waals surface area contributed by atoms with Gasteiger partial charge < -0.3 is 0 Å². The summed E-state index contributed by atoms with van der Waals surface area (Å²) in [6.45, 7) is 0. The molecule has 0 aliphatic carbocycles. The first-order chi connectivity index (χ1) is 3.30. The summed E-state index contributed by atoms with van der Waals surface area (Å²) in [5, 5.41) is 7.76. The van der Waals surface area contributed by atoms with Crippen molar-refractivity contribution >= 4 is 28.4 Å². The maximum atomic E-state index is 7.09. The van der Waals surface area contributed by atoms with E-state index in [1.807, 2.05) is 0 Å². The highest BCUT2D eigenvalue weighted by Gasteiger charge is 2.17. The van der Waals surface area contributed by atoms with Crippen molar-refractivity contribution < 1.29 is 0 Å². The van der Waals surface area contributed by atoms with Crippen LogP contribution >= 0.6 is 23.4 Å². The summed E-state index contributed by atoms with van der Waals surface area (Å²) in [5.74, 6) is 1.03. The van der Waals surface area contributed by atoms with Crippen molar-refractivity contribution in [2.75, 3.05) is 5.75 Å². The average molecular weight is 136 g/mol. The van der Waals surface area contributed by atoms with Crippen LogP contribution in [0, 0.1) is 5.41 Å². The van der Waals surface area contributed by atoms with Gasteiger partial charge in [-0.15, -0.1) is 23.4 Å². The molecule has 0 amide bonds. The normalized spacial score (nSPS) is 31.6. The van der Waals surface area contributed by atoms with E-state index in [1.54, 1.807) is 11.8 Å². The van der Waals surface area contributed by atoms with Crippen LogP contribution in [0.3, 0.4) is 0 Å². The van der Waals surface area contributed by atoms with Gasteiger partial charge in [0.2, 0.25) is 0 Å². The van der Waals surface area contributed by atoms with E-state index >= 15 is 0 Å². The zero-order valence-corrected chi connectivity index (χ0v) is 5.35. The summed E-state index contributed by atoms with van der Waals surface area (Å²) in [5.41, 5.74) is 0. The van der Waals surface area contributed by atoms with Crippen molar-refractivity contribution in [2.24, 2.45) is 0 Å². The maximum Gasteiger partial charge on any atom is 0.0821 e. The van der Waals surface area contributed by atoms with Gasteiger partial charge in [0.1, 0.15) is 0 Å². The van der Waals surface area contributed by atoms with E-state index in [-0.39, 0.29) is 5.38 Å². The Kier molecular flexibility index (Phi) is 1.60. The predicted molar refractivity (Wildman–Crippen MR) is 34.4 cm³/mol. The van der Waals surface area contributed by atoms with Crippen LogP contribution in [-0.4, -0.2) is 16.2 Å². The van der Waals surface area contributed by atoms with Crippen molar-refractivity contribution in [3.8, 4) is 0 Å². The number of rotatable bonds is 0. The minimum Gasteiger partial charge on any atom is -0.297 e. The highest BCUT2D eigenvalue weighted by molar-refractivity contribution is 8.14. The third-order valence-corrected chi connectivity index (χ3v) is 2.51. The summed E-state index contributed by atoms with van der Waals surface area (Å²) >= 11 is 7.17. The topological polar surface area (TPSA) is 23.9 Å². The van der Waals surface area contributed by atoms with Crippen molar-refractivity contribution in [1.29, 1.82) is 5.41 Å². The molecule has 0 aromatic heterocycles. The first-order valence-electron chi connectivity index (χ1n) is 2.16. The Labute approximate surface area is 51.9 Å². The molecular formula is C4H6ClNS. The molecular weight excluding hydrogens is 130 g/mol. The van der Waals surface area contributed by atoms with E-state index in [1.165, 1.54) is 0 Å². The molecule has 1 fully saturated rings. The summed E-state index contributed by atoms with van der Waals surface area (Å²) < 4.78 is 0. The molecule has 0 radical (unpaired) electrons. The average Bonchev–Trinajstić information content (AvgIpc) is 1.91. The molecule has 3 heteroatoms. The minimum atomic E-state index is 0.0324. The van der Waals surface area contributed by atoms with Gasteiger partial charge in [-0.2, -0.15) is 0 Å². The second-order valence-corrected chi connectivity index (χ2v) is 3.13. The molecule has 1 nitrogen and oxygen atoms in total. The van der Waals surface area contributed by atoms with Crippen molar-refractivity contribution in [1.82, 2.24) is 0 Å². The SMILES string of the molecule is N=C1SCCC1Cl.